The topological polar surface area (TPSA) is 77.1 Å². The Labute approximate surface area is 119 Å². The highest BCUT2D eigenvalue weighted by atomic mass is 32.1. The predicted molar refractivity (Wildman–Crippen MR) is 74.4 cm³/mol. The normalized spacial score (nSPS) is 14.8. The molecule has 0 radical (unpaired) electrons. The summed E-state index contributed by atoms with van der Waals surface area (Å²) in [6, 6.07) is 1.74. The number of aryl methyl sites for hydroxylation is 1. The van der Waals surface area contributed by atoms with Crippen molar-refractivity contribution in [2.75, 3.05) is 0 Å². The van der Waals surface area contributed by atoms with Gasteiger partial charge in [-0.2, -0.15) is 5.10 Å². The lowest BCUT2D eigenvalue weighted by atomic mass is 10.2. The summed E-state index contributed by atoms with van der Waals surface area (Å²) in [6.07, 6.45) is 3.99. The molecule has 7 heteroatoms. The first kappa shape index (κ1) is 13.1. The number of carbonyl (C=O) groups is 1. The molecule has 0 spiro atoms. The SMILES string of the molecule is O=C(O)c1sccc1Cn1nc2n(c1=O)CCCCC2. The third kappa shape index (κ3) is 2.29. The van der Waals surface area contributed by atoms with E-state index in [2.05, 4.69) is 5.10 Å². The molecule has 2 aromatic heterocycles. The highest BCUT2D eigenvalue weighted by Crippen LogP contribution is 2.18. The number of carboxylic acids is 1. The van der Waals surface area contributed by atoms with Crippen molar-refractivity contribution in [2.24, 2.45) is 0 Å². The Morgan fingerprint density at radius 2 is 2.25 bits per heavy atom. The summed E-state index contributed by atoms with van der Waals surface area (Å²) in [4.78, 5) is 23.7. The maximum atomic E-state index is 12.3. The van der Waals surface area contributed by atoms with E-state index in [1.165, 1.54) is 16.0 Å². The average Bonchev–Trinajstić information content (AvgIpc) is 2.90. The number of fused-ring (bicyclic) bond motifs is 1. The van der Waals surface area contributed by atoms with Crippen LogP contribution in [-0.2, 0) is 19.5 Å². The lowest BCUT2D eigenvalue weighted by Crippen LogP contribution is -2.26. The first-order valence-corrected chi connectivity index (χ1v) is 7.51. The van der Waals surface area contributed by atoms with Crippen LogP contribution in [-0.4, -0.2) is 25.4 Å². The Hall–Kier alpha value is -1.89. The van der Waals surface area contributed by atoms with Crippen LogP contribution in [0.1, 0.15) is 40.3 Å². The number of nitrogens with zero attached hydrogens (tertiary/aromatic N) is 3. The quantitative estimate of drug-likeness (QED) is 0.932. The molecule has 0 amide bonds. The maximum Gasteiger partial charge on any atom is 0.346 e. The highest BCUT2D eigenvalue weighted by molar-refractivity contribution is 7.12. The van der Waals surface area contributed by atoms with Gasteiger partial charge in [0.1, 0.15) is 10.7 Å². The van der Waals surface area contributed by atoms with E-state index in [0.29, 0.717) is 12.1 Å². The van der Waals surface area contributed by atoms with Gasteiger partial charge in [0.05, 0.1) is 6.54 Å². The number of carboxylic acid groups (broad SMARTS) is 1. The molecule has 20 heavy (non-hydrogen) atoms. The first-order chi connectivity index (χ1) is 9.66. The highest BCUT2D eigenvalue weighted by Gasteiger charge is 2.18. The summed E-state index contributed by atoms with van der Waals surface area (Å²) < 4.78 is 3.11. The third-order valence-electron chi connectivity index (χ3n) is 3.54. The van der Waals surface area contributed by atoms with E-state index >= 15 is 0 Å². The fourth-order valence-electron chi connectivity index (χ4n) is 2.54. The van der Waals surface area contributed by atoms with E-state index in [1.54, 1.807) is 16.0 Å². The molecule has 0 fully saturated rings. The lowest BCUT2D eigenvalue weighted by molar-refractivity contribution is 0.0701. The van der Waals surface area contributed by atoms with Gasteiger partial charge in [-0.1, -0.05) is 6.42 Å². The Kier molecular flexibility index (Phi) is 3.43. The largest absolute Gasteiger partial charge is 0.477 e. The minimum absolute atomic E-state index is 0.135. The van der Waals surface area contributed by atoms with Crippen molar-refractivity contribution in [3.63, 3.8) is 0 Å². The molecule has 0 aliphatic carbocycles. The number of rotatable bonds is 3. The van der Waals surface area contributed by atoms with E-state index in [4.69, 9.17) is 5.11 Å². The van der Waals surface area contributed by atoms with Crippen molar-refractivity contribution < 1.29 is 9.90 Å². The molecule has 1 N–H and O–H groups in total. The molecule has 0 unspecified atom stereocenters. The summed E-state index contributed by atoms with van der Waals surface area (Å²) in [6.45, 7) is 0.938. The predicted octanol–water partition coefficient (Wildman–Crippen LogP) is 1.58. The van der Waals surface area contributed by atoms with Crippen molar-refractivity contribution >= 4 is 17.3 Å². The minimum atomic E-state index is -0.955. The van der Waals surface area contributed by atoms with Gasteiger partial charge < -0.3 is 5.11 Å². The van der Waals surface area contributed by atoms with Crippen molar-refractivity contribution in [2.45, 2.75) is 38.8 Å². The van der Waals surface area contributed by atoms with Crippen LogP contribution in [0.3, 0.4) is 0 Å². The molecule has 1 aliphatic rings. The standard InChI is InChI=1S/C13H15N3O3S/c17-12(18)11-9(5-7-20-11)8-16-13(19)15-6-3-1-2-4-10(15)14-16/h5,7H,1-4,6,8H2,(H,17,18). The van der Waals surface area contributed by atoms with Crippen molar-refractivity contribution in [3.8, 4) is 0 Å². The van der Waals surface area contributed by atoms with Crippen LogP contribution in [0, 0.1) is 0 Å². The second-order valence-corrected chi connectivity index (χ2v) is 5.81. The second kappa shape index (κ2) is 5.24. The molecule has 106 valence electrons. The zero-order chi connectivity index (χ0) is 14.1. The van der Waals surface area contributed by atoms with Gasteiger partial charge in [-0.05, 0) is 29.9 Å². The Morgan fingerprint density at radius 1 is 1.40 bits per heavy atom. The van der Waals surface area contributed by atoms with Crippen LogP contribution in [0.2, 0.25) is 0 Å². The van der Waals surface area contributed by atoms with E-state index in [0.717, 1.165) is 31.5 Å². The molecule has 0 aromatic carbocycles. The van der Waals surface area contributed by atoms with Crippen LogP contribution in [0.15, 0.2) is 16.2 Å². The van der Waals surface area contributed by atoms with E-state index < -0.39 is 5.97 Å². The fraction of sp³-hybridized carbons (Fsp3) is 0.462. The van der Waals surface area contributed by atoms with Crippen LogP contribution >= 0.6 is 11.3 Å². The van der Waals surface area contributed by atoms with Gasteiger partial charge >= 0.3 is 11.7 Å². The van der Waals surface area contributed by atoms with Crippen molar-refractivity contribution in [1.29, 1.82) is 0 Å². The van der Waals surface area contributed by atoms with Gasteiger partial charge in [-0.15, -0.1) is 11.3 Å². The summed E-state index contributed by atoms with van der Waals surface area (Å²) in [7, 11) is 0. The van der Waals surface area contributed by atoms with Gasteiger partial charge in [-0.3, -0.25) is 4.57 Å². The van der Waals surface area contributed by atoms with Gasteiger partial charge in [0.25, 0.3) is 0 Å². The van der Waals surface area contributed by atoms with Crippen LogP contribution in [0.4, 0.5) is 0 Å². The molecule has 6 nitrogen and oxygen atoms in total. The summed E-state index contributed by atoms with van der Waals surface area (Å²) in [5.41, 5.74) is 0.502. The Morgan fingerprint density at radius 3 is 3.05 bits per heavy atom. The zero-order valence-corrected chi connectivity index (χ0v) is 11.7. The molecular weight excluding hydrogens is 278 g/mol. The fourth-order valence-corrected chi connectivity index (χ4v) is 3.29. The Bertz CT molecular complexity index is 698. The van der Waals surface area contributed by atoms with E-state index in [9.17, 15) is 9.59 Å². The molecule has 0 atom stereocenters. The third-order valence-corrected chi connectivity index (χ3v) is 4.49. The summed E-state index contributed by atoms with van der Waals surface area (Å²) >= 11 is 1.17. The molecular formula is C13H15N3O3S. The molecule has 3 rings (SSSR count). The van der Waals surface area contributed by atoms with Crippen LogP contribution in [0.25, 0.3) is 0 Å². The number of aromatic nitrogens is 3. The monoisotopic (exact) mass is 293 g/mol. The summed E-state index contributed by atoms with van der Waals surface area (Å²) in [5.74, 6) is -0.136. The van der Waals surface area contributed by atoms with Gasteiger partial charge in [0.2, 0.25) is 0 Å². The number of hydrogen-bond donors (Lipinski definition) is 1. The molecule has 0 saturated carbocycles. The summed E-state index contributed by atoms with van der Waals surface area (Å²) in [5, 5.41) is 15.2. The van der Waals surface area contributed by atoms with Gasteiger partial charge in [-0.25, -0.2) is 14.3 Å². The van der Waals surface area contributed by atoms with E-state index in [-0.39, 0.29) is 17.1 Å². The smallest absolute Gasteiger partial charge is 0.346 e. The van der Waals surface area contributed by atoms with Crippen LogP contribution < -0.4 is 5.69 Å². The maximum absolute atomic E-state index is 12.3. The minimum Gasteiger partial charge on any atom is -0.477 e. The van der Waals surface area contributed by atoms with Gasteiger partial charge in [0.15, 0.2) is 0 Å². The second-order valence-electron chi connectivity index (χ2n) is 4.90. The molecule has 3 heterocycles. The van der Waals surface area contributed by atoms with Crippen molar-refractivity contribution in [1.82, 2.24) is 14.3 Å². The van der Waals surface area contributed by atoms with Gasteiger partial charge in [0, 0.05) is 13.0 Å². The molecule has 0 saturated heterocycles. The van der Waals surface area contributed by atoms with Crippen molar-refractivity contribution in [3.05, 3.63) is 38.2 Å². The van der Waals surface area contributed by atoms with Crippen LogP contribution in [0.5, 0.6) is 0 Å². The molecule has 2 aromatic rings. The molecule has 1 aliphatic heterocycles. The number of hydrogen-bond acceptors (Lipinski definition) is 4. The average molecular weight is 293 g/mol. The molecule has 0 bridgehead atoms. The van der Waals surface area contributed by atoms with E-state index in [1.807, 2.05) is 0 Å². The first-order valence-electron chi connectivity index (χ1n) is 6.63. The number of thiophene rings is 1. The number of aromatic carboxylic acids is 1. The Balaban J connectivity index is 1.94. The zero-order valence-electron chi connectivity index (χ0n) is 10.9. The lowest BCUT2D eigenvalue weighted by Gasteiger charge is -2.00.